The summed E-state index contributed by atoms with van der Waals surface area (Å²) in [5.41, 5.74) is 4.62. The maximum Gasteiger partial charge on any atom is 0.312 e. The van der Waals surface area contributed by atoms with Crippen molar-refractivity contribution < 1.29 is 18.8 Å². The van der Waals surface area contributed by atoms with Crippen molar-refractivity contribution in [3.05, 3.63) is 64.3 Å². The summed E-state index contributed by atoms with van der Waals surface area (Å²) in [6.07, 6.45) is -0.0316. The molecule has 0 saturated heterocycles. The van der Waals surface area contributed by atoms with Gasteiger partial charge in [0.15, 0.2) is 12.2 Å². The number of hydrogen-bond donors (Lipinski definition) is 0. The van der Waals surface area contributed by atoms with Crippen LogP contribution in [0.5, 0.6) is 0 Å². The number of carbonyl (C=O) groups is 2. The number of Topliss-reactive ketones (excluding diaryl/α,β-unsaturated/α-hetero) is 1. The molecule has 3 aromatic rings. The predicted octanol–water partition coefficient (Wildman–Crippen LogP) is 3.72. The molecule has 1 aromatic heterocycles. The summed E-state index contributed by atoms with van der Waals surface area (Å²) in [5, 5.41) is 4.67. The van der Waals surface area contributed by atoms with Crippen molar-refractivity contribution in [2.24, 2.45) is 0 Å². The zero-order chi connectivity index (χ0) is 18.0. The predicted molar refractivity (Wildman–Crippen MR) is 93.7 cm³/mol. The van der Waals surface area contributed by atoms with Gasteiger partial charge in [0, 0.05) is 10.9 Å². The first-order valence-electron chi connectivity index (χ1n) is 8.05. The second-order valence-corrected chi connectivity index (χ2v) is 6.16. The van der Waals surface area contributed by atoms with Gasteiger partial charge in [-0.3, -0.25) is 9.59 Å². The molecular formula is C20H19NO4. The summed E-state index contributed by atoms with van der Waals surface area (Å²) >= 11 is 0. The Labute approximate surface area is 145 Å². The Morgan fingerprint density at radius 1 is 1.08 bits per heavy atom. The second-order valence-electron chi connectivity index (χ2n) is 6.16. The lowest BCUT2D eigenvalue weighted by Gasteiger charge is -2.10. The molecule has 0 aliphatic rings. The number of carbonyl (C=O) groups excluding carboxylic acids is 2. The number of hydrogen-bond acceptors (Lipinski definition) is 5. The Bertz CT molecular complexity index is 932. The van der Waals surface area contributed by atoms with Gasteiger partial charge in [0.1, 0.15) is 5.69 Å². The van der Waals surface area contributed by atoms with Crippen LogP contribution in [0.25, 0.3) is 11.0 Å². The van der Waals surface area contributed by atoms with Crippen molar-refractivity contribution in [2.45, 2.75) is 27.2 Å². The van der Waals surface area contributed by atoms with Crippen LogP contribution in [0.1, 0.15) is 32.7 Å². The van der Waals surface area contributed by atoms with Crippen LogP contribution >= 0.6 is 0 Å². The quantitative estimate of drug-likeness (QED) is 0.524. The van der Waals surface area contributed by atoms with E-state index in [0.29, 0.717) is 16.8 Å². The van der Waals surface area contributed by atoms with E-state index in [-0.39, 0.29) is 18.8 Å². The maximum absolute atomic E-state index is 12.4. The SMILES string of the molecule is Cc1cc(C)c(C(=O)COC(=O)Cc2noc3ccccc23)c(C)c1. The molecule has 3 rings (SSSR count). The van der Waals surface area contributed by atoms with E-state index in [1.165, 1.54) is 0 Å². The van der Waals surface area contributed by atoms with Crippen LogP contribution in [0.4, 0.5) is 0 Å². The first-order chi connectivity index (χ1) is 12.0. The third-order valence-corrected chi connectivity index (χ3v) is 4.08. The zero-order valence-electron chi connectivity index (χ0n) is 14.5. The van der Waals surface area contributed by atoms with Gasteiger partial charge in [-0.05, 0) is 44.0 Å². The van der Waals surface area contributed by atoms with E-state index >= 15 is 0 Å². The van der Waals surface area contributed by atoms with Gasteiger partial charge in [0.2, 0.25) is 5.78 Å². The molecule has 25 heavy (non-hydrogen) atoms. The van der Waals surface area contributed by atoms with Gasteiger partial charge >= 0.3 is 5.97 Å². The van der Waals surface area contributed by atoms with E-state index < -0.39 is 5.97 Å². The standard InChI is InChI=1S/C20H19NO4/c1-12-8-13(2)20(14(3)9-12)17(22)11-24-19(23)10-16-15-6-4-5-7-18(15)25-21-16/h4-9H,10-11H2,1-3H3. The van der Waals surface area contributed by atoms with Crippen LogP contribution in [0.2, 0.25) is 0 Å². The van der Waals surface area contributed by atoms with Gasteiger partial charge in [0.25, 0.3) is 0 Å². The number of esters is 1. The van der Waals surface area contributed by atoms with Crippen LogP contribution in [0, 0.1) is 20.8 Å². The second kappa shape index (κ2) is 6.89. The lowest BCUT2D eigenvalue weighted by atomic mass is 9.97. The number of benzene rings is 2. The minimum atomic E-state index is -0.505. The fourth-order valence-electron chi connectivity index (χ4n) is 3.09. The zero-order valence-corrected chi connectivity index (χ0v) is 14.5. The molecule has 5 nitrogen and oxygen atoms in total. The van der Waals surface area contributed by atoms with E-state index in [4.69, 9.17) is 9.26 Å². The molecule has 0 aliphatic heterocycles. The Morgan fingerprint density at radius 2 is 1.76 bits per heavy atom. The fourth-order valence-corrected chi connectivity index (χ4v) is 3.09. The Balaban J connectivity index is 1.65. The number of ether oxygens (including phenoxy) is 1. The number of nitrogens with zero attached hydrogens (tertiary/aromatic N) is 1. The van der Waals surface area contributed by atoms with E-state index in [1.54, 1.807) is 6.07 Å². The molecule has 128 valence electrons. The van der Waals surface area contributed by atoms with Gasteiger partial charge in [0.05, 0.1) is 6.42 Å². The van der Waals surface area contributed by atoms with E-state index in [2.05, 4.69) is 5.16 Å². The molecule has 0 N–H and O–H groups in total. The van der Waals surface area contributed by atoms with Gasteiger partial charge in [-0.1, -0.05) is 35.0 Å². The van der Waals surface area contributed by atoms with Gasteiger partial charge in [-0.2, -0.15) is 0 Å². The van der Waals surface area contributed by atoms with E-state index in [0.717, 1.165) is 22.1 Å². The lowest BCUT2D eigenvalue weighted by molar-refractivity contribution is -0.141. The van der Waals surface area contributed by atoms with Crippen LogP contribution in [0.3, 0.4) is 0 Å². The maximum atomic E-state index is 12.4. The molecule has 0 atom stereocenters. The summed E-state index contributed by atoms with van der Waals surface area (Å²) in [6.45, 7) is 5.48. The van der Waals surface area contributed by atoms with Gasteiger partial charge in [-0.15, -0.1) is 0 Å². The lowest BCUT2D eigenvalue weighted by Crippen LogP contribution is -2.17. The average molecular weight is 337 g/mol. The molecule has 0 unspecified atom stereocenters. The van der Waals surface area contributed by atoms with Crippen molar-refractivity contribution >= 4 is 22.7 Å². The molecule has 0 spiro atoms. The minimum Gasteiger partial charge on any atom is -0.457 e. The van der Waals surface area contributed by atoms with Crippen molar-refractivity contribution in [1.82, 2.24) is 5.16 Å². The smallest absolute Gasteiger partial charge is 0.312 e. The monoisotopic (exact) mass is 337 g/mol. The highest BCUT2D eigenvalue weighted by molar-refractivity contribution is 6.00. The Morgan fingerprint density at radius 3 is 2.48 bits per heavy atom. The highest BCUT2D eigenvalue weighted by Crippen LogP contribution is 2.19. The van der Waals surface area contributed by atoms with Crippen molar-refractivity contribution in [2.75, 3.05) is 6.61 Å². The van der Waals surface area contributed by atoms with E-state index in [1.807, 2.05) is 51.1 Å². The number of ketones is 1. The summed E-state index contributed by atoms with van der Waals surface area (Å²) in [7, 11) is 0. The number of aryl methyl sites for hydroxylation is 3. The summed E-state index contributed by atoms with van der Waals surface area (Å²) in [6, 6.07) is 11.2. The van der Waals surface area contributed by atoms with Crippen molar-refractivity contribution in [3.63, 3.8) is 0 Å². The van der Waals surface area contributed by atoms with Crippen LogP contribution in [-0.4, -0.2) is 23.5 Å². The number of para-hydroxylation sites is 1. The number of rotatable bonds is 5. The van der Waals surface area contributed by atoms with Crippen LogP contribution < -0.4 is 0 Å². The Hall–Kier alpha value is -2.95. The normalized spacial score (nSPS) is 10.8. The molecule has 0 amide bonds. The molecule has 0 fully saturated rings. The van der Waals surface area contributed by atoms with E-state index in [9.17, 15) is 9.59 Å². The molecule has 5 heteroatoms. The highest BCUT2D eigenvalue weighted by Gasteiger charge is 2.17. The molecule has 0 saturated carbocycles. The molecule has 1 heterocycles. The van der Waals surface area contributed by atoms with Gasteiger partial charge in [-0.25, -0.2) is 0 Å². The summed E-state index contributed by atoms with van der Waals surface area (Å²) < 4.78 is 10.3. The van der Waals surface area contributed by atoms with Crippen molar-refractivity contribution in [3.8, 4) is 0 Å². The van der Waals surface area contributed by atoms with Crippen LogP contribution in [0.15, 0.2) is 40.9 Å². The summed E-state index contributed by atoms with van der Waals surface area (Å²) in [5.74, 6) is -0.705. The topological polar surface area (TPSA) is 69.4 Å². The molecular weight excluding hydrogens is 318 g/mol. The largest absolute Gasteiger partial charge is 0.457 e. The molecule has 0 radical (unpaired) electrons. The Kier molecular flexibility index (Phi) is 4.65. The van der Waals surface area contributed by atoms with Crippen molar-refractivity contribution in [1.29, 1.82) is 0 Å². The average Bonchev–Trinajstić information content (AvgIpc) is 2.95. The molecule has 0 bridgehead atoms. The molecule has 0 aliphatic carbocycles. The highest BCUT2D eigenvalue weighted by atomic mass is 16.5. The fraction of sp³-hybridized carbons (Fsp3) is 0.250. The molecule has 2 aromatic carbocycles. The number of aromatic nitrogens is 1. The third-order valence-electron chi connectivity index (χ3n) is 4.08. The first kappa shape index (κ1) is 16.9. The van der Waals surface area contributed by atoms with Gasteiger partial charge < -0.3 is 9.26 Å². The third kappa shape index (κ3) is 3.60. The minimum absolute atomic E-state index is 0.0316. The first-order valence-corrected chi connectivity index (χ1v) is 8.05. The number of fused-ring (bicyclic) bond motifs is 1. The van der Waals surface area contributed by atoms with Crippen LogP contribution in [-0.2, 0) is 16.0 Å². The summed E-state index contributed by atoms with van der Waals surface area (Å²) in [4.78, 5) is 24.5.